The van der Waals surface area contributed by atoms with Gasteiger partial charge in [0.15, 0.2) is 5.82 Å². The number of anilines is 1. The number of hydrogen-bond acceptors (Lipinski definition) is 4. The average molecular weight is 307 g/mol. The molecule has 2 aromatic heterocycles. The molecule has 2 heterocycles. The van der Waals surface area contributed by atoms with Gasteiger partial charge in [-0.3, -0.25) is 4.79 Å². The summed E-state index contributed by atoms with van der Waals surface area (Å²) in [5.41, 5.74) is 1.68. The maximum Gasteiger partial charge on any atom is 0.225 e. The molecule has 116 valence electrons. The van der Waals surface area contributed by atoms with Crippen LogP contribution in [0.15, 0.2) is 61.3 Å². The van der Waals surface area contributed by atoms with Crippen LogP contribution in [0.25, 0.3) is 5.82 Å². The molecular formula is C17H17N5O. The van der Waals surface area contributed by atoms with Crippen molar-refractivity contribution in [1.29, 1.82) is 0 Å². The molecule has 0 radical (unpaired) electrons. The summed E-state index contributed by atoms with van der Waals surface area (Å²) in [6, 6.07) is 11.8. The van der Waals surface area contributed by atoms with Crippen LogP contribution in [0.1, 0.15) is 24.8 Å². The van der Waals surface area contributed by atoms with Gasteiger partial charge in [-0.25, -0.2) is 14.6 Å². The zero-order chi connectivity index (χ0) is 16.1. The normalized spacial score (nSPS) is 11.9. The predicted molar refractivity (Wildman–Crippen MR) is 87.3 cm³/mol. The smallest absolute Gasteiger partial charge is 0.225 e. The Hall–Kier alpha value is -3.02. The van der Waals surface area contributed by atoms with Gasteiger partial charge in [-0.2, -0.15) is 5.10 Å². The Morgan fingerprint density at radius 2 is 2.09 bits per heavy atom. The Kier molecular flexibility index (Phi) is 4.42. The van der Waals surface area contributed by atoms with E-state index in [0.29, 0.717) is 17.9 Å². The number of hydrogen-bond donors (Lipinski definition) is 1. The lowest BCUT2D eigenvalue weighted by Crippen LogP contribution is -2.17. The van der Waals surface area contributed by atoms with Crippen LogP contribution in [-0.4, -0.2) is 25.7 Å². The number of nitrogens with zero attached hydrogens (tertiary/aromatic N) is 4. The fourth-order valence-electron chi connectivity index (χ4n) is 2.37. The Labute approximate surface area is 134 Å². The van der Waals surface area contributed by atoms with Gasteiger partial charge < -0.3 is 5.32 Å². The quantitative estimate of drug-likeness (QED) is 0.786. The van der Waals surface area contributed by atoms with Crippen molar-refractivity contribution in [3.05, 3.63) is 66.9 Å². The first-order valence-corrected chi connectivity index (χ1v) is 7.39. The summed E-state index contributed by atoms with van der Waals surface area (Å²) in [6.07, 6.45) is 6.82. The van der Waals surface area contributed by atoms with Crippen molar-refractivity contribution in [3.63, 3.8) is 0 Å². The maximum atomic E-state index is 12.3. The van der Waals surface area contributed by atoms with Gasteiger partial charge in [0.1, 0.15) is 12.0 Å². The summed E-state index contributed by atoms with van der Waals surface area (Å²) in [4.78, 5) is 20.5. The van der Waals surface area contributed by atoms with Crippen LogP contribution in [0.2, 0.25) is 0 Å². The molecule has 23 heavy (non-hydrogen) atoms. The number of carbonyl (C=O) groups is 1. The number of benzene rings is 1. The minimum Gasteiger partial charge on any atom is -0.322 e. The van der Waals surface area contributed by atoms with E-state index in [1.807, 2.05) is 37.3 Å². The summed E-state index contributed by atoms with van der Waals surface area (Å²) >= 11 is 0. The van der Waals surface area contributed by atoms with Crippen LogP contribution in [-0.2, 0) is 4.79 Å². The van der Waals surface area contributed by atoms with E-state index in [1.54, 1.807) is 29.3 Å². The van der Waals surface area contributed by atoms with E-state index in [1.165, 1.54) is 6.33 Å². The summed E-state index contributed by atoms with van der Waals surface area (Å²) in [7, 11) is 0. The fraction of sp³-hybridized carbons (Fsp3) is 0.176. The van der Waals surface area contributed by atoms with Gasteiger partial charge in [-0.1, -0.05) is 37.3 Å². The fourth-order valence-corrected chi connectivity index (χ4v) is 2.37. The van der Waals surface area contributed by atoms with E-state index >= 15 is 0 Å². The first kappa shape index (κ1) is 14.9. The second-order valence-electron chi connectivity index (χ2n) is 5.27. The SMILES string of the molecule is CC(CC(=O)Nc1cncnc1-n1cccn1)c1ccccc1. The lowest BCUT2D eigenvalue weighted by atomic mass is 9.97. The van der Waals surface area contributed by atoms with Crippen LogP contribution in [0.5, 0.6) is 0 Å². The van der Waals surface area contributed by atoms with Gasteiger partial charge in [-0.15, -0.1) is 0 Å². The molecule has 0 bridgehead atoms. The molecule has 0 saturated carbocycles. The zero-order valence-electron chi connectivity index (χ0n) is 12.8. The van der Waals surface area contributed by atoms with Gasteiger partial charge in [-0.05, 0) is 17.5 Å². The molecular weight excluding hydrogens is 290 g/mol. The van der Waals surface area contributed by atoms with Crippen LogP contribution in [0.3, 0.4) is 0 Å². The molecule has 3 aromatic rings. The highest BCUT2D eigenvalue weighted by Gasteiger charge is 2.14. The largest absolute Gasteiger partial charge is 0.322 e. The molecule has 1 N–H and O–H groups in total. The lowest BCUT2D eigenvalue weighted by molar-refractivity contribution is -0.116. The monoisotopic (exact) mass is 307 g/mol. The molecule has 3 rings (SSSR count). The van der Waals surface area contributed by atoms with E-state index in [4.69, 9.17) is 0 Å². The van der Waals surface area contributed by atoms with Crippen molar-refractivity contribution in [3.8, 4) is 5.82 Å². The zero-order valence-corrected chi connectivity index (χ0v) is 12.8. The minimum absolute atomic E-state index is 0.0791. The average Bonchev–Trinajstić information content (AvgIpc) is 3.10. The first-order valence-electron chi connectivity index (χ1n) is 7.39. The molecule has 1 amide bonds. The Morgan fingerprint density at radius 3 is 2.83 bits per heavy atom. The second kappa shape index (κ2) is 6.83. The molecule has 0 aliphatic heterocycles. The lowest BCUT2D eigenvalue weighted by Gasteiger charge is -2.13. The van der Waals surface area contributed by atoms with Crippen molar-refractivity contribution in [2.45, 2.75) is 19.3 Å². The second-order valence-corrected chi connectivity index (χ2v) is 5.27. The van der Waals surface area contributed by atoms with Crippen molar-refractivity contribution < 1.29 is 4.79 Å². The van der Waals surface area contributed by atoms with Gasteiger partial charge in [0, 0.05) is 18.8 Å². The van der Waals surface area contributed by atoms with Crippen LogP contribution in [0.4, 0.5) is 5.69 Å². The van der Waals surface area contributed by atoms with Crippen LogP contribution in [0, 0.1) is 0 Å². The van der Waals surface area contributed by atoms with Crippen molar-refractivity contribution in [1.82, 2.24) is 19.7 Å². The van der Waals surface area contributed by atoms with Gasteiger partial charge in [0.2, 0.25) is 5.91 Å². The molecule has 1 atom stereocenters. The molecule has 1 aromatic carbocycles. The van der Waals surface area contributed by atoms with E-state index in [9.17, 15) is 4.79 Å². The molecule has 0 spiro atoms. The van der Waals surface area contributed by atoms with Crippen molar-refractivity contribution in [2.75, 3.05) is 5.32 Å². The maximum absolute atomic E-state index is 12.3. The topological polar surface area (TPSA) is 72.7 Å². The molecule has 0 fully saturated rings. The van der Waals surface area contributed by atoms with E-state index < -0.39 is 0 Å². The van der Waals surface area contributed by atoms with Gasteiger partial charge >= 0.3 is 0 Å². The number of amides is 1. The Morgan fingerprint density at radius 1 is 1.26 bits per heavy atom. The highest BCUT2D eigenvalue weighted by atomic mass is 16.1. The standard InChI is InChI=1S/C17H17N5O/c1-13(14-6-3-2-4-7-14)10-16(23)21-15-11-18-12-19-17(15)22-9-5-8-20-22/h2-9,11-13H,10H2,1H3,(H,21,23). The summed E-state index contributed by atoms with van der Waals surface area (Å²) in [6.45, 7) is 2.03. The van der Waals surface area contributed by atoms with E-state index in [0.717, 1.165) is 5.56 Å². The first-order chi connectivity index (χ1) is 11.2. The Balaban J connectivity index is 1.72. The molecule has 6 nitrogen and oxygen atoms in total. The van der Waals surface area contributed by atoms with E-state index in [2.05, 4.69) is 20.4 Å². The summed E-state index contributed by atoms with van der Waals surface area (Å²) in [5.74, 6) is 0.601. The predicted octanol–water partition coefficient (Wildman–Crippen LogP) is 2.79. The molecule has 0 saturated heterocycles. The van der Waals surface area contributed by atoms with Crippen molar-refractivity contribution >= 4 is 11.6 Å². The molecule has 1 unspecified atom stereocenters. The number of rotatable bonds is 5. The summed E-state index contributed by atoms with van der Waals surface area (Å²) in [5, 5.41) is 7.01. The van der Waals surface area contributed by atoms with Crippen molar-refractivity contribution in [2.24, 2.45) is 0 Å². The number of aromatic nitrogens is 4. The van der Waals surface area contributed by atoms with Crippen LogP contribution >= 0.6 is 0 Å². The molecule has 6 heteroatoms. The van der Waals surface area contributed by atoms with E-state index in [-0.39, 0.29) is 11.8 Å². The Bertz CT molecular complexity index is 771. The third-order valence-electron chi connectivity index (χ3n) is 3.55. The highest BCUT2D eigenvalue weighted by Crippen LogP contribution is 2.20. The van der Waals surface area contributed by atoms with Gasteiger partial charge in [0.05, 0.1) is 6.20 Å². The summed E-state index contributed by atoms with van der Waals surface area (Å²) < 4.78 is 1.60. The molecule has 0 aliphatic rings. The number of nitrogens with one attached hydrogen (secondary N) is 1. The van der Waals surface area contributed by atoms with Gasteiger partial charge in [0.25, 0.3) is 0 Å². The minimum atomic E-state index is -0.0791. The number of carbonyl (C=O) groups excluding carboxylic acids is 1. The van der Waals surface area contributed by atoms with Crippen LogP contribution < -0.4 is 5.32 Å². The highest BCUT2D eigenvalue weighted by molar-refractivity contribution is 5.92. The molecule has 0 aliphatic carbocycles. The third kappa shape index (κ3) is 3.60. The third-order valence-corrected chi connectivity index (χ3v) is 3.55.